The van der Waals surface area contributed by atoms with E-state index in [-0.39, 0.29) is 34.5 Å². The highest BCUT2D eigenvalue weighted by atomic mass is 16.8. The van der Waals surface area contributed by atoms with Crippen LogP contribution in [0, 0.1) is 50.7 Å². The Morgan fingerprint density at radius 2 is 1.16 bits per heavy atom. The first-order valence-corrected chi connectivity index (χ1v) is 28.2. The number of rotatable bonds is 15. The van der Waals surface area contributed by atoms with Crippen LogP contribution in [0.15, 0.2) is 11.6 Å². The monoisotopic (exact) mass is 1110 g/mol. The third kappa shape index (κ3) is 10.9. The molecule has 8 aliphatic rings. The van der Waals surface area contributed by atoms with E-state index in [4.69, 9.17) is 37.9 Å². The molecule has 4 heterocycles. The minimum absolute atomic E-state index is 0.0122. The molecule has 14 N–H and O–H groups in total. The molecule has 446 valence electrons. The molecule has 0 spiro atoms. The van der Waals surface area contributed by atoms with Crippen LogP contribution in [-0.4, -0.2) is 232 Å². The van der Waals surface area contributed by atoms with E-state index in [0.717, 1.165) is 24.8 Å². The summed E-state index contributed by atoms with van der Waals surface area (Å²) in [5.41, 5.74) is -0.839. The zero-order valence-corrected chi connectivity index (χ0v) is 46.5. The third-order valence-electron chi connectivity index (χ3n) is 20.9. The minimum Gasteiger partial charge on any atom is -0.394 e. The fourth-order valence-corrected chi connectivity index (χ4v) is 15.7. The van der Waals surface area contributed by atoms with Crippen molar-refractivity contribution in [1.29, 1.82) is 0 Å². The molecule has 30 atom stereocenters. The predicted molar refractivity (Wildman–Crippen MR) is 269 cm³/mol. The van der Waals surface area contributed by atoms with Crippen LogP contribution in [0.2, 0.25) is 0 Å². The van der Waals surface area contributed by atoms with Crippen molar-refractivity contribution in [2.45, 2.75) is 262 Å². The van der Waals surface area contributed by atoms with E-state index in [1.54, 1.807) is 0 Å². The summed E-state index contributed by atoms with van der Waals surface area (Å²) in [5.74, 6) is 0.549. The summed E-state index contributed by atoms with van der Waals surface area (Å²) in [5, 5.41) is 151. The Morgan fingerprint density at radius 3 is 1.77 bits per heavy atom. The van der Waals surface area contributed by atoms with Gasteiger partial charge in [0.25, 0.3) is 0 Å². The predicted octanol–water partition coefficient (Wildman–Crippen LogP) is -0.929. The van der Waals surface area contributed by atoms with Gasteiger partial charge >= 0.3 is 0 Å². The normalized spacial score (nSPS) is 51.9. The Hall–Kier alpha value is -1.14. The van der Waals surface area contributed by atoms with E-state index in [1.807, 2.05) is 20.8 Å². The van der Waals surface area contributed by atoms with Gasteiger partial charge in [-0.15, -0.1) is 0 Å². The van der Waals surface area contributed by atoms with Gasteiger partial charge in [0.05, 0.1) is 44.2 Å². The average molecular weight is 1110 g/mol. The Balaban J connectivity index is 0.941. The van der Waals surface area contributed by atoms with Crippen molar-refractivity contribution in [1.82, 2.24) is 0 Å². The molecule has 0 bridgehead atoms. The molecule has 77 heavy (non-hydrogen) atoms. The van der Waals surface area contributed by atoms with Gasteiger partial charge in [-0.25, -0.2) is 0 Å². The third-order valence-corrected chi connectivity index (χ3v) is 20.9. The minimum atomic E-state index is -1.80. The van der Waals surface area contributed by atoms with Gasteiger partial charge in [-0.3, -0.25) is 0 Å². The lowest BCUT2D eigenvalue weighted by molar-refractivity contribution is -0.374. The Morgan fingerprint density at radius 1 is 0.610 bits per heavy atom. The van der Waals surface area contributed by atoms with E-state index in [1.165, 1.54) is 6.92 Å². The topological polar surface area (TPSA) is 357 Å². The molecule has 0 radical (unpaired) electrons. The van der Waals surface area contributed by atoms with Crippen LogP contribution in [0.3, 0.4) is 0 Å². The van der Waals surface area contributed by atoms with E-state index >= 15 is 0 Å². The summed E-state index contributed by atoms with van der Waals surface area (Å²) in [6, 6.07) is 0. The molecule has 4 aliphatic heterocycles. The molecule has 0 aromatic heterocycles. The van der Waals surface area contributed by atoms with Gasteiger partial charge in [-0.2, -0.15) is 0 Å². The highest BCUT2D eigenvalue weighted by molar-refractivity contribution is 5.32. The second-order valence-electron chi connectivity index (χ2n) is 26.6. The van der Waals surface area contributed by atoms with Crippen molar-refractivity contribution in [2.24, 2.45) is 50.7 Å². The Labute approximate surface area is 452 Å². The van der Waals surface area contributed by atoms with Crippen LogP contribution < -0.4 is 0 Å². The quantitative estimate of drug-likeness (QED) is 0.0881. The molecule has 0 amide bonds. The summed E-state index contributed by atoms with van der Waals surface area (Å²) in [6.07, 6.45) is -23.4. The van der Waals surface area contributed by atoms with Crippen molar-refractivity contribution in [2.75, 3.05) is 19.8 Å². The maximum Gasteiger partial charge on any atom is 0.187 e. The summed E-state index contributed by atoms with van der Waals surface area (Å²) in [6.45, 7) is 19.2. The molecular weight excluding hydrogens is 1010 g/mol. The number of aliphatic hydroxyl groups is 14. The number of aliphatic hydroxyl groups excluding tert-OH is 14. The summed E-state index contributed by atoms with van der Waals surface area (Å²) >= 11 is 0. The molecule has 0 aromatic rings. The van der Waals surface area contributed by atoms with Crippen molar-refractivity contribution in [3.05, 3.63) is 11.6 Å². The number of hydrogen-bond donors (Lipinski definition) is 14. The van der Waals surface area contributed by atoms with E-state index < -0.39 is 177 Å². The zero-order valence-electron chi connectivity index (χ0n) is 46.5. The fourth-order valence-electron chi connectivity index (χ4n) is 15.7. The van der Waals surface area contributed by atoms with Crippen molar-refractivity contribution in [3.63, 3.8) is 0 Å². The number of hydrogen-bond acceptors (Lipinski definition) is 22. The first-order chi connectivity index (χ1) is 35.9. The van der Waals surface area contributed by atoms with E-state index in [9.17, 15) is 71.5 Å². The van der Waals surface area contributed by atoms with Gasteiger partial charge in [0.15, 0.2) is 25.2 Å². The lowest BCUT2D eigenvalue weighted by Gasteiger charge is -2.67. The van der Waals surface area contributed by atoms with Crippen molar-refractivity contribution in [3.8, 4) is 0 Å². The molecule has 4 aliphatic carbocycles. The first kappa shape index (κ1) is 61.9. The molecule has 22 nitrogen and oxygen atoms in total. The maximum absolute atomic E-state index is 12.8. The zero-order chi connectivity index (χ0) is 56.8. The van der Waals surface area contributed by atoms with Crippen LogP contribution in [0.1, 0.15) is 121 Å². The van der Waals surface area contributed by atoms with Crippen LogP contribution in [0.4, 0.5) is 0 Å². The van der Waals surface area contributed by atoms with E-state index in [2.05, 4.69) is 47.6 Å². The lowest BCUT2D eigenvalue weighted by atomic mass is 9.38. The van der Waals surface area contributed by atoms with Gasteiger partial charge in [-0.1, -0.05) is 74.0 Å². The van der Waals surface area contributed by atoms with Gasteiger partial charge < -0.3 is 109 Å². The molecule has 4 saturated heterocycles. The molecular formula is C55H94O22. The maximum atomic E-state index is 12.8. The SMILES string of the molecule is CC1OC(OCC2OC(O[C@H]3CC[C@@H]4C(=CC[C@@H]5[C@@]4(C)[C@H](O)C[C@]4(C)[C@@H]([C@H](C)CCC(OC6OC(CO)C(O)C(O)C6OC6OC(CO)C(O)C(O)C6O)C(C)(C)C)CC[C@@]54C)C3(C)C)C(O)C(O)C2O)C(O)C(O)C1O. The highest BCUT2D eigenvalue weighted by Crippen LogP contribution is 2.75. The second-order valence-corrected chi connectivity index (χ2v) is 26.6. The highest BCUT2D eigenvalue weighted by Gasteiger charge is 2.70. The Bertz CT molecular complexity index is 2010. The smallest absolute Gasteiger partial charge is 0.187 e. The number of allylic oxidation sites excluding steroid dienone is 1. The van der Waals surface area contributed by atoms with Crippen molar-refractivity contribution >= 4 is 0 Å². The van der Waals surface area contributed by atoms with Crippen LogP contribution in [-0.2, 0) is 37.9 Å². The molecule has 8 rings (SSSR count). The van der Waals surface area contributed by atoms with Crippen LogP contribution in [0.25, 0.3) is 0 Å². The standard InChI is InChI=1S/C55H94O22/c1-23(11-15-33(51(3,4)5)75-50-46(42(66)37(61)29(21-57)73-50)77-49-45(69)40(64)36(60)28(20-56)72-49)25-17-18-53(8)31-14-12-26-27(55(31,10)32(58)19-54(25,53)9)13-16-34(52(26,6)7)76-48-44(68)41(65)38(62)30(74-48)22-70-47-43(67)39(63)35(59)24(2)71-47/h12,23-25,27-50,56-69H,11,13-22H2,1-10H3/t23-,24?,25-,27-,28?,29?,30?,31+,32-,33?,34+,35?,36?,37?,38?,39?,40?,41?,42?,43?,44?,45?,46?,47?,48?,49?,50?,53+,54-,55+/m1/s1. The molecule has 3 saturated carbocycles. The fraction of sp³-hybridized carbons (Fsp3) is 0.964. The Kier molecular flexibility index (Phi) is 18.6. The van der Waals surface area contributed by atoms with E-state index in [0.29, 0.717) is 32.1 Å². The van der Waals surface area contributed by atoms with Gasteiger partial charge in [0.1, 0.15) is 91.6 Å². The van der Waals surface area contributed by atoms with Crippen LogP contribution >= 0.6 is 0 Å². The molecule has 0 aromatic carbocycles. The summed E-state index contributed by atoms with van der Waals surface area (Å²) in [4.78, 5) is 0. The van der Waals surface area contributed by atoms with Gasteiger partial charge in [-0.05, 0) is 98.2 Å². The molecule has 22 heteroatoms. The largest absolute Gasteiger partial charge is 0.394 e. The van der Waals surface area contributed by atoms with Crippen LogP contribution in [0.5, 0.6) is 0 Å². The van der Waals surface area contributed by atoms with Crippen molar-refractivity contribution < 1.29 is 109 Å². The van der Waals surface area contributed by atoms with Gasteiger partial charge in [0.2, 0.25) is 0 Å². The second kappa shape index (κ2) is 23.1. The first-order valence-electron chi connectivity index (χ1n) is 28.2. The summed E-state index contributed by atoms with van der Waals surface area (Å²) in [7, 11) is 0. The number of ether oxygens (including phenoxy) is 8. The van der Waals surface area contributed by atoms with Gasteiger partial charge in [0, 0.05) is 10.8 Å². The molecule has 21 unspecified atom stereocenters. The lowest BCUT2D eigenvalue weighted by Crippen LogP contribution is -2.65. The summed E-state index contributed by atoms with van der Waals surface area (Å²) < 4.78 is 48.2. The average Bonchev–Trinajstić information content (AvgIpc) is 3.86. The molecule has 7 fully saturated rings. The number of fused-ring (bicyclic) bond motifs is 5.